The summed E-state index contributed by atoms with van der Waals surface area (Å²) < 4.78 is 1.66. The van der Waals surface area contributed by atoms with E-state index in [4.69, 9.17) is 0 Å². The predicted molar refractivity (Wildman–Crippen MR) is 87.2 cm³/mol. The first kappa shape index (κ1) is 13.8. The van der Waals surface area contributed by atoms with Gasteiger partial charge in [-0.25, -0.2) is 0 Å². The van der Waals surface area contributed by atoms with Crippen molar-refractivity contribution in [3.63, 3.8) is 0 Å². The van der Waals surface area contributed by atoms with Gasteiger partial charge in [-0.1, -0.05) is 6.07 Å². The van der Waals surface area contributed by atoms with Crippen LogP contribution in [0.3, 0.4) is 0 Å². The molecular formula is C17H17N5O. The van der Waals surface area contributed by atoms with Gasteiger partial charge < -0.3 is 10.3 Å². The second-order valence-corrected chi connectivity index (χ2v) is 5.75. The topological polar surface area (TPSA) is 75.6 Å². The molecule has 0 bridgehead atoms. The number of rotatable bonds is 2. The molecule has 0 saturated carbocycles. The van der Waals surface area contributed by atoms with Crippen LogP contribution in [0.15, 0.2) is 36.8 Å². The molecule has 1 aliphatic rings. The van der Waals surface area contributed by atoms with Crippen LogP contribution in [0, 0.1) is 0 Å². The largest absolute Gasteiger partial charge is 0.364 e. The second-order valence-electron chi connectivity index (χ2n) is 5.75. The third kappa shape index (κ3) is 2.42. The summed E-state index contributed by atoms with van der Waals surface area (Å²) in [7, 11) is 1.82. The third-order valence-corrected chi connectivity index (χ3v) is 4.16. The lowest BCUT2D eigenvalue weighted by molar-refractivity contribution is 0.102. The van der Waals surface area contributed by atoms with Crippen LogP contribution in [-0.4, -0.2) is 25.7 Å². The molecule has 3 heterocycles. The third-order valence-electron chi connectivity index (χ3n) is 4.16. The Kier molecular flexibility index (Phi) is 3.22. The lowest BCUT2D eigenvalue weighted by Crippen LogP contribution is -2.13. The number of aromatic nitrogens is 4. The van der Waals surface area contributed by atoms with Crippen molar-refractivity contribution in [3.8, 4) is 11.3 Å². The highest BCUT2D eigenvalue weighted by molar-refractivity contribution is 6.08. The van der Waals surface area contributed by atoms with E-state index in [0.29, 0.717) is 11.4 Å². The summed E-state index contributed by atoms with van der Waals surface area (Å²) in [5.74, 6) is 0.377. The quantitative estimate of drug-likeness (QED) is 0.764. The smallest absolute Gasteiger partial charge is 0.259 e. The number of pyridine rings is 1. The van der Waals surface area contributed by atoms with Crippen molar-refractivity contribution in [2.24, 2.45) is 7.05 Å². The number of hydrogen-bond acceptors (Lipinski definition) is 3. The van der Waals surface area contributed by atoms with E-state index in [1.807, 2.05) is 13.1 Å². The monoisotopic (exact) mass is 307 g/mol. The first-order valence-corrected chi connectivity index (χ1v) is 7.68. The number of carbonyl (C=O) groups is 1. The zero-order valence-corrected chi connectivity index (χ0v) is 12.8. The van der Waals surface area contributed by atoms with Gasteiger partial charge in [-0.15, -0.1) is 0 Å². The van der Waals surface area contributed by atoms with Crippen LogP contribution in [0.2, 0.25) is 0 Å². The molecular weight excluding hydrogens is 290 g/mol. The highest BCUT2D eigenvalue weighted by atomic mass is 16.1. The van der Waals surface area contributed by atoms with Gasteiger partial charge >= 0.3 is 0 Å². The van der Waals surface area contributed by atoms with E-state index in [-0.39, 0.29) is 5.91 Å². The number of aryl methyl sites for hydroxylation is 3. The lowest BCUT2D eigenvalue weighted by Gasteiger charge is -2.07. The molecule has 1 aliphatic carbocycles. The van der Waals surface area contributed by atoms with E-state index in [0.717, 1.165) is 36.2 Å². The average molecular weight is 307 g/mol. The summed E-state index contributed by atoms with van der Waals surface area (Å²) >= 11 is 0. The average Bonchev–Trinajstić information content (AvgIpc) is 3.10. The highest BCUT2D eigenvalue weighted by Crippen LogP contribution is 2.33. The van der Waals surface area contributed by atoms with E-state index in [9.17, 15) is 4.79 Å². The maximum absolute atomic E-state index is 12.7. The molecule has 3 aromatic heterocycles. The predicted octanol–water partition coefficient (Wildman–Crippen LogP) is 2.55. The number of hydrogen-bond donors (Lipinski definition) is 2. The molecule has 0 aromatic carbocycles. The highest BCUT2D eigenvalue weighted by Gasteiger charge is 2.24. The van der Waals surface area contributed by atoms with Gasteiger partial charge in [0.2, 0.25) is 0 Å². The maximum Gasteiger partial charge on any atom is 0.259 e. The Balaban J connectivity index is 1.75. The summed E-state index contributed by atoms with van der Waals surface area (Å²) in [6, 6.07) is 5.81. The molecule has 0 unspecified atom stereocenters. The fourth-order valence-corrected chi connectivity index (χ4v) is 3.10. The molecule has 0 aliphatic heterocycles. The normalized spacial score (nSPS) is 13.1. The Bertz CT molecular complexity index is 877. The summed E-state index contributed by atoms with van der Waals surface area (Å²) in [6.07, 6.45) is 8.29. The van der Waals surface area contributed by atoms with Crippen LogP contribution in [0.5, 0.6) is 0 Å². The van der Waals surface area contributed by atoms with Crippen LogP contribution in [0.25, 0.3) is 11.3 Å². The van der Waals surface area contributed by atoms with Crippen LogP contribution in [0.4, 0.5) is 5.82 Å². The van der Waals surface area contributed by atoms with Gasteiger partial charge in [0.1, 0.15) is 0 Å². The Morgan fingerprint density at radius 2 is 2.26 bits per heavy atom. The van der Waals surface area contributed by atoms with E-state index in [1.165, 1.54) is 5.56 Å². The Morgan fingerprint density at radius 3 is 3.09 bits per heavy atom. The van der Waals surface area contributed by atoms with Gasteiger partial charge in [-0.2, -0.15) is 5.10 Å². The number of amides is 1. The number of H-pyrrole nitrogens is 1. The molecule has 0 saturated heterocycles. The maximum atomic E-state index is 12.7. The summed E-state index contributed by atoms with van der Waals surface area (Å²) in [6.45, 7) is 0. The van der Waals surface area contributed by atoms with Gasteiger partial charge in [-0.3, -0.25) is 14.5 Å². The van der Waals surface area contributed by atoms with Crippen molar-refractivity contribution in [3.05, 3.63) is 53.6 Å². The van der Waals surface area contributed by atoms with Crippen molar-refractivity contribution in [2.75, 3.05) is 5.32 Å². The second kappa shape index (κ2) is 5.39. The van der Waals surface area contributed by atoms with Crippen molar-refractivity contribution in [1.82, 2.24) is 19.7 Å². The Morgan fingerprint density at radius 1 is 1.35 bits per heavy atom. The molecule has 116 valence electrons. The van der Waals surface area contributed by atoms with Crippen molar-refractivity contribution in [1.29, 1.82) is 0 Å². The fourth-order valence-electron chi connectivity index (χ4n) is 3.10. The summed E-state index contributed by atoms with van der Waals surface area (Å²) in [4.78, 5) is 20.5. The first-order chi connectivity index (χ1) is 11.2. The minimum absolute atomic E-state index is 0.167. The zero-order valence-electron chi connectivity index (χ0n) is 12.8. The van der Waals surface area contributed by atoms with E-state index in [1.54, 1.807) is 29.3 Å². The summed E-state index contributed by atoms with van der Waals surface area (Å²) in [5.41, 5.74) is 4.72. The van der Waals surface area contributed by atoms with Crippen LogP contribution >= 0.6 is 0 Å². The number of anilines is 1. The Hall–Kier alpha value is -2.89. The minimum atomic E-state index is -0.167. The number of aromatic amines is 1. The molecule has 23 heavy (non-hydrogen) atoms. The molecule has 2 N–H and O–H groups in total. The van der Waals surface area contributed by atoms with E-state index < -0.39 is 0 Å². The SMILES string of the molecule is Cn1ccc(NC(=O)c2c[nH]c3c2-c2ncccc2CCC3)n1. The molecule has 0 spiro atoms. The van der Waals surface area contributed by atoms with Crippen molar-refractivity contribution < 1.29 is 4.79 Å². The molecule has 6 nitrogen and oxygen atoms in total. The minimum Gasteiger partial charge on any atom is -0.364 e. The van der Waals surface area contributed by atoms with E-state index in [2.05, 4.69) is 26.4 Å². The van der Waals surface area contributed by atoms with Crippen molar-refractivity contribution in [2.45, 2.75) is 19.3 Å². The number of carbonyl (C=O) groups excluding carboxylic acids is 1. The number of nitrogens with one attached hydrogen (secondary N) is 2. The van der Waals surface area contributed by atoms with Gasteiger partial charge in [0, 0.05) is 43.0 Å². The van der Waals surface area contributed by atoms with Crippen LogP contribution < -0.4 is 5.32 Å². The summed E-state index contributed by atoms with van der Waals surface area (Å²) in [5, 5.41) is 7.04. The van der Waals surface area contributed by atoms with Crippen molar-refractivity contribution >= 4 is 11.7 Å². The van der Waals surface area contributed by atoms with E-state index >= 15 is 0 Å². The molecule has 3 aromatic rings. The van der Waals surface area contributed by atoms with Gasteiger partial charge in [0.05, 0.1) is 11.3 Å². The number of fused-ring (bicyclic) bond motifs is 3. The molecule has 6 heteroatoms. The van der Waals surface area contributed by atoms with Gasteiger partial charge in [0.15, 0.2) is 5.82 Å². The molecule has 4 rings (SSSR count). The zero-order chi connectivity index (χ0) is 15.8. The molecule has 0 fully saturated rings. The van der Waals surface area contributed by atoms with Crippen LogP contribution in [0.1, 0.15) is 28.0 Å². The Labute approximate surface area is 133 Å². The van der Waals surface area contributed by atoms with Crippen LogP contribution in [-0.2, 0) is 19.9 Å². The molecule has 1 amide bonds. The van der Waals surface area contributed by atoms with Gasteiger partial charge in [0.25, 0.3) is 5.91 Å². The number of nitrogens with zero attached hydrogens (tertiary/aromatic N) is 3. The lowest BCUT2D eigenvalue weighted by atomic mass is 10.0. The van der Waals surface area contributed by atoms with Gasteiger partial charge in [-0.05, 0) is 30.9 Å². The standard InChI is InChI=1S/C17H17N5O/c1-22-9-7-14(21-22)20-17(23)12-10-19-13-6-2-4-11-5-3-8-18-16(11)15(12)13/h3,5,7-10,19H,2,4,6H2,1H3,(H,20,21,23). The first-order valence-electron chi connectivity index (χ1n) is 7.68. The molecule has 0 atom stereocenters. The fraction of sp³-hybridized carbons (Fsp3) is 0.235. The molecule has 0 radical (unpaired) electrons.